The van der Waals surface area contributed by atoms with Crippen LogP contribution in [0.15, 0.2) is 30.6 Å². The Labute approximate surface area is 197 Å². The third-order valence-corrected chi connectivity index (χ3v) is 7.43. The van der Waals surface area contributed by atoms with Gasteiger partial charge in [0.25, 0.3) is 0 Å². The Kier molecular flexibility index (Phi) is 7.53. The molecule has 2 N–H and O–H groups in total. The quantitative estimate of drug-likeness (QED) is 0.629. The van der Waals surface area contributed by atoms with Crippen molar-refractivity contribution in [2.75, 3.05) is 0 Å². The number of hydrogen-bond acceptors (Lipinski definition) is 7. The van der Waals surface area contributed by atoms with Crippen molar-refractivity contribution in [3.05, 3.63) is 57.0 Å². The van der Waals surface area contributed by atoms with E-state index in [0.29, 0.717) is 37.7 Å². The number of carbonyl (C=O) groups excluding carboxylic acids is 2. The number of amides is 1. The Hall–Kier alpha value is -3.02. The number of aliphatic hydroxyl groups excluding tert-OH is 1. The lowest BCUT2D eigenvalue weighted by Crippen LogP contribution is -2.41. The van der Waals surface area contributed by atoms with Crippen molar-refractivity contribution in [2.24, 2.45) is 0 Å². The van der Waals surface area contributed by atoms with Crippen LogP contribution in [0.3, 0.4) is 0 Å². The number of aliphatic hydroxyl groups is 1. The van der Waals surface area contributed by atoms with Gasteiger partial charge in [0, 0.05) is 41.0 Å². The first kappa shape index (κ1) is 23.1. The number of alkyl carbamates (subject to hydrolysis) is 1. The number of ketones is 1. The van der Waals surface area contributed by atoms with Gasteiger partial charge in [0.15, 0.2) is 5.78 Å². The van der Waals surface area contributed by atoms with Crippen LogP contribution in [0, 0.1) is 11.3 Å². The van der Waals surface area contributed by atoms with Crippen molar-refractivity contribution in [1.29, 1.82) is 5.26 Å². The summed E-state index contributed by atoms with van der Waals surface area (Å²) in [6, 6.07) is 6.00. The molecule has 0 radical (unpaired) electrons. The number of aromatic nitrogens is 1. The number of thiophene rings is 1. The molecule has 0 spiro atoms. The number of rotatable bonds is 6. The molecular weight excluding hydrogens is 438 g/mol. The molecule has 1 unspecified atom stereocenters. The highest BCUT2D eigenvalue weighted by Crippen LogP contribution is 2.35. The van der Waals surface area contributed by atoms with Gasteiger partial charge in [-0.05, 0) is 67.9 Å². The summed E-state index contributed by atoms with van der Waals surface area (Å²) < 4.78 is 5.66. The summed E-state index contributed by atoms with van der Waals surface area (Å²) in [5.74, 6) is -0.0706. The van der Waals surface area contributed by atoms with Crippen molar-refractivity contribution < 1.29 is 19.4 Å². The van der Waals surface area contributed by atoms with Crippen molar-refractivity contribution in [1.82, 2.24) is 10.3 Å². The van der Waals surface area contributed by atoms with Crippen LogP contribution in [0.5, 0.6) is 0 Å². The van der Waals surface area contributed by atoms with Gasteiger partial charge in [-0.1, -0.05) is 6.07 Å². The van der Waals surface area contributed by atoms with E-state index in [0.717, 1.165) is 33.7 Å². The average Bonchev–Trinajstić information content (AvgIpc) is 3.15. The Morgan fingerprint density at radius 1 is 1.30 bits per heavy atom. The van der Waals surface area contributed by atoms with Crippen LogP contribution in [-0.2, 0) is 28.8 Å². The van der Waals surface area contributed by atoms with Crippen molar-refractivity contribution in [3.8, 4) is 6.07 Å². The highest BCUT2D eigenvalue weighted by atomic mass is 32.1. The van der Waals surface area contributed by atoms with Crippen LogP contribution in [0.25, 0.3) is 6.08 Å². The van der Waals surface area contributed by atoms with E-state index in [2.05, 4.69) is 16.4 Å². The van der Waals surface area contributed by atoms with Gasteiger partial charge >= 0.3 is 6.09 Å². The Balaban J connectivity index is 1.35. The number of nitriles is 1. The number of pyridine rings is 1. The van der Waals surface area contributed by atoms with Gasteiger partial charge in [-0.25, -0.2) is 4.79 Å². The number of fused-ring (bicyclic) bond motifs is 1. The van der Waals surface area contributed by atoms with Gasteiger partial charge < -0.3 is 15.2 Å². The van der Waals surface area contributed by atoms with E-state index in [4.69, 9.17) is 4.74 Å². The number of nitrogens with one attached hydrogen (secondary N) is 1. The van der Waals surface area contributed by atoms with Gasteiger partial charge in [0.05, 0.1) is 11.7 Å². The molecule has 1 saturated carbocycles. The largest absolute Gasteiger partial charge is 0.446 e. The summed E-state index contributed by atoms with van der Waals surface area (Å²) in [6.45, 7) is 0. The minimum Gasteiger partial charge on any atom is -0.446 e. The van der Waals surface area contributed by atoms with E-state index in [1.165, 1.54) is 17.4 Å². The summed E-state index contributed by atoms with van der Waals surface area (Å²) in [4.78, 5) is 30.6. The lowest BCUT2D eigenvalue weighted by atomic mass is 9.92. The van der Waals surface area contributed by atoms with Crippen LogP contribution in [-0.4, -0.2) is 40.2 Å². The SMILES string of the molecule is N#Cc1c(CC(=O)/C=C/c2cccnc2)sc2c1CCC(OC(=O)NC1CCC(O)CC1)C2. The first-order valence-electron chi connectivity index (χ1n) is 11.3. The summed E-state index contributed by atoms with van der Waals surface area (Å²) >= 11 is 1.47. The second kappa shape index (κ2) is 10.7. The minimum absolute atomic E-state index is 0.0457. The normalized spacial score (nSPS) is 22.4. The molecule has 2 aromatic heterocycles. The summed E-state index contributed by atoms with van der Waals surface area (Å²) in [6.07, 6.45) is 10.6. The number of carbonyl (C=O) groups is 2. The van der Waals surface area contributed by atoms with Gasteiger partial charge in [0.1, 0.15) is 12.2 Å². The molecule has 2 aliphatic rings. The standard InChI is InChI=1S/C25H27N3O4S/c26-14-22-21-10-9-20(32-25(31)28-17-4-7-18(29)8-5-17)13-24(21)33-23(22)12-19(30)6-3-16-2-1-11-27-15-16/h1-3,6,11,15,17-18,20,29H,4-5,7-10,12-13H2,(H,28,31)/b6-3+. The Morgan fingerprint density at radius 3 is 2.85 bits per heavy atom. The van der Waals surface area contributed by atoms with Crippen LogP contribution in [0.2, 0.25) is 0 Å². The van der Waals surface area contributed by atoms with E-state index in [1.54, 1.807) is 18.5 Å². The van der Waals surface area contributed by atoms with E-state index < -0.39 is 6.09 Å². The Bertz CT molecular complexity index is 1070. The smallest absolute Gasteiger partial charge is 0.407 e. The molecule has 1 amide bonds. The molecule has 2 heterocycles. The first-order valence-corrected chi connectivity index (χ1v) is 12.1. The van der Waals surface area contributed by atoms with Crippen LogP contribution in [0.4, 0.5) is 4.79 Å². The molecule has 0 aliphatic heterocycles. The predicted molar refractivity (Wildman–Crippen MR) is 125 cm³/mol. The van der Waals surface area contributed by atoms with E-state index >= 15 is 0 Å². The Morgan fingerprint density at radius 2 is 2.12 bits per heavy atom. The monoisotopic (exact) mass is 465 g/mol. The van der Waals surface area contributed by atoms with Crippen molar-refractivity contribution >= 4 is 29.3 Å². The second-order valence-electron chi connectivity index (χ2n) is 8.60. The number of hydrogen-bond donors (Lipinski definition) is 2. The van der Waals surface area contributed by atoms with Gasteiger partial charge in [-0.2, -0.15) is 5.26 Å². The number of allylic oxidation sites excluding steroid dienone is 1. The van der Waals surface area contributed by atoms with E-state index in [9.17, 15) is 20.0 Å². The van der Waals surface area contributed by atoms with Gasteiger partial charge in [-0.3, -0.25) is 9.78 Å². The minimum atomic E-state index is -0.419. The summed E-state index contributed by atoms with van der Waals surface area (Å²) in [7, 11) is 0. The molecule has 0 aromatic carbocycles. The molecule has 2 aliphatic carbocycles. The third kappa shape index (κ3) is 6.06. The molecule has 172 valence electrons. The van der Waals surface area contributed by atoms with Crippen LogP contribution >= 0.6 is 11.3 Å². The number of nitrogens with zero attached hydrogens (tertiary/aromatic N) is 2. The molecule has 2 aromatic rings. The van der Waals surface area contributed by atoms with E-state index in [-0.39, 0.29) is 30.5 Å². The molecule has 33 heavy (non-hydrogen) atoms. The zero-order valence-electron chi connectivity index (χ0n) is 18.3. The first-order chi connectivity index (χ1) is 16.0. The van der Waals surface area contributed by atoms with Crippen LogP contribution < -0.4 is 5.32 Å². The molecule has 8 heteroatoms. The van der Waals surface area contributed by atoms with Crippen molar-refractivity contribution in [3.63, 3.8) is 0 Å². The van der Waals surface area contributed by atoms with Gasteiger partial charge in [0.2, 0.25) is 0 Å². The predicted octanol–water partition coefficient (Wildman–Crippen LogP) is 3.73. The fourth-order valence-electron chi connectivity index (χ4n) is 4.42. The fraction of sp³-hybridized carbons (Fsp3) is 0.440. The van der Waals surface area contributed by atoms with Gasteiger partial charge in [-0.15, -0.1) is 11.3 Å². The topological polar surface area (TPSA) is 112 Å². The maximum absolute atomic E-state index is 12.5. The highest BCUT2D eigenvalue weighted by Gasteiger charge is 2.29. The van der Waals surface area contributed by atoms with Crippen LogP contribution in [0.1, 0.15) is 58.5 Å². The zero-order valence-corrected chi connectivity index (χ0v) is 19.1. The van der Waals surface area contributed by atoms with Crippen molar-refractivity contribution in [2.45, 2.75) is 69.6 Å². The molecule has 4 rings (SSSR count). The lowest BCUT2D eigenvalue weighted by molar-refractivity contribution is -0.113. The highest BCUT2D eigenvalue weighted by molar-refractivity contribution is 7.12. The third-order valence-electron chi connectivity index (χ3n) is 6.18. The lowest BCUT2D eigenvalue weighted by Gasteiger charge is -2.28. The molecule has 0 saturated heterocycles. The molecule has 0 bridgehead atoms. The molecule has 1 fully saturated rings. The number of ether oxygens (including phenoxy) is 1. The molecular formula is C25H27N3O4S. The molecule has 7 nitrogen and oxygen atoms in total. The average molecular weight is 466 g/mol. The summed E-state index contributed by atoms with van der Waals surface area (Å²) in [5.41, 5.74) is 2.43. The second-order valence-corrected chi connectivity index (χ2v) is 9.79. The fourth-order valence-corrected chi connectivity index (χ4v) is 5.80. The summed E-state index contributed by atoms with van der Waals surface area (Å²) in [5, 5.41) is 22.2. The zero-order chi connectivity index (χ0) is 23.2. The maximum atomic E-state index is 12.5. The maximum Gasteiger partial charge on any atom is 0.407 e. The molecule has 1 atom stereocenters. The van der Waals surface area contributed by atoms with E-state index in [1.807, 2.05) is 12.1 Å².